The molecule has 2 N–H and O–H groups in total. The third-order valence-corrected chi connectivity index (χ3v) is 6.42. The number of ether oxygens (including phenoxy) is 1. The summed E-state index contributed by atoms with van der Waals surface area (Å²) in [5.41, 5.74) is -1.03. The molecule has 0 aromatic rings. The summed E-state index contributed by atoms with van der Waals surface area (Å²) in [7, 11) is 1.49. The van der Waals surface area contributed by atoms with Gasteiger partial charge in [-0.25, -0.2) is 4.79 Å². The number of aliphatic hydroxyl groups is 1. The molecule has 0 aromatic carbocycles. The molecule has 1 saturated carbocycles. The highest BCUT2D eigenvalue weighted by atomic mass is 16.5. The van der Waals surface area contributed by atoms with Crippen LogP contribution in [-0.4, -0.2) is 35.0 Å². The summed E-state index contributed by atoms with van der Waals surface area (Å²) < 4.78 is 5.29. The predicted octanol–water partition coefficient (Wildman–Crippen LogP) is 5.73. The molecule has 0 saturated heterocycles. The van der Waals surface area contributed by atoms with Crippen LogP contribution in [0.5, 0.6) is 0 Å². The van der Waals surface area contributed by atoms with Crippen LogP contribution in [0, 0.1) is 11.8 Å². The van der Waals surface area contributed by atoms with Crippen molar-refractivity contribution >= 4 is 5.97 Å². The van der Waals surface area contributed by atoms with Crippen molar-refractivity contribution in [1.82, 2.24) is 0 Å². The van der Waals surface area contributed by atoms with E-state index >= 15 is 0 Å². The van der Waals surface area contributed by atoms with Gasteiger partial charge in [-0.1, -0.05) is 58.1 Å². The zero-order valence-electron chi connectivity index (χ0n) is 17.8. The number of hydrogen-bond donors (Lipinski definition) is 2. The molecular formula is C23H42O4. The monoisotopic (exact) mass is 382 g/mol. The summed E-state index contributed by atoms with van der Waals surface area (Å²) in [4.78, 5) is 11.5. The highest BCUT2D eigenvalue weighted by Gasteiger charge is 2.36. The summed E-state index contributed by atoms with van der Waals surface area (Å²) in [6.07, 6.45) is 17.8. The number of methoxy groups -OCH3 is 1. The SMILES string of the molecule is CCCCCCC=C[C@H]1CC[C@H](O)[C@@H]1CCCCCC(CC)(OC)C(=O)O. The molecular weight excluding hydrogens is 340 g/mol. The Kier molecular flexibility index (Phi) is 11.9. The second kappa shape index (κ2) is 13.3. The lowest BCUT2D eigenvalue weighted by molar-refractivity contribution is -0.163. The summed E-state index contributed by atoms with van der Waals surface area (Å²) in [6.45, 7) is 4.10. The van der Waals surface area contributed by atoms with Gasteiger partial charge in [0.25, 0.3) is 0 Å². The van der Waals surface area contributed by atoms with Crippen LogP contribution in [0.3, 0.4) is 0 Å². The van der Waals surface area contributed by atoms with Gasteiger partial charge in [0.05, 0.1) is 6.10 Å². The molecule has 0 amide bonds. The molecule has 0 bridgehead atoms. The highest BCUT2D eigenvalue weighted by molar-refractivity contribution is 5.77. The van der Waals surface area contributed by atoms with Crippen LogP contribution in [0.1, 0.15) is 97.3 Å². The van der Waals surface area contributed by atoms with E-state index in [4.69, 9.17) is 4.74 Å². The van der Waals surface area contributed by atoms with E-state index in [-0.39, 0.29) is 6.10 Å². The van der Waals surface area contributed by atoms with Gasteiger partial charge in [-0.2, -0.15) is 0 Å². The minimum atomic E-state index is -1.03. The second-order valence-electron chi connectivity index (χ2n) is 8.21. The van der Waals surface area contributed by atoms with E-state index < -0.39 is 11.6 Å². The van der Waals surface area contributed by atoms with E-state index in [0.29, 0.717) is 24.7 Å². The molecule has 0 heterocycles. The van der Waals surface area contributed by atoms with E-state index in [1.54, 1.807) is 0 Å². The Labute approximate surface area is 166 Å². The quantitative estimate of drug-likeness (QED) is 0.280. The third-order valence-electron chi connectivity index (χ3n) is 6.42. The Hall–Kier alpha value is -0.870. The highest BCUT2D eigenvalue weighted by Crippen LogP contribution is 2.37. The van der Waals surface area contributed by atoms with Crippen LogP contribution in [0.25, 0.3) is 0 Å². The van der Waals surface area contributed by atoms with Crippen LogP contribution in [0.15, 0.2) is 12.2 Å². The molecule has 4 heteroatoms. The number of aliphatic hydroxyl groups excluding tert-OH is 1. The number of unbranched alkanes of at least 4 members (excludes halogenated alkanes) is 6. The minimum Gasteiger partial charge on any atom is -0.479 e. The van der Waals surface area contributed by atoms with Gasteiger partial charge < -0.3 is 14.9 Å². The number of hydrogen-bond acceptors (Lipinski definition) is 3. The number of carboxylic acids is 1. The van der Waals surface area contributed by atoms with E-state index in [1.807, 2.05) is 6.92 Å². The zero-order valence-corrected chi connectivity index (χ0v) is 17.8. The maximum Gasteiger partial charge on any atom is 0.335 e. The molecule has 0 aromatic heterocycles. The van der Waals surface area contributed by atoms with Crippen molar-refractivity contribution in [2.45, 2.75) is 109 Å². The molecule has 1 unspecified atom stereocenters. The first-order chi connectivity index (χ1) is 13.0. The fourth-order valence-electron chi connectivity index (χ4n) is 4.42. The van der Waals surface area contributed by atoms with Crippen molar-refractivity contribution in [1.29, 1.82) is 0 Å². The van der Waals surface area contributed by atoms with E-state index in [2.05, 4.69) is 19.1 Å². The fraction of sp³-hybridized carbons (Fsp3) is 0.870. The van der Waals surface area contributed by atoms with Crippen LogP contribution in [0.2, 0.25) is 0 Å². The van der Waals surface area contributed by atoms with Gasteiger partial charge >= 0.3 is 5.97 Å². The predicted molar refractivity (Wildman–Crippen MR) is 111 cm³/mol. The largest absolute Gasteiger partial charge is 0.479 e. The fourth-order valence-corrected chi connectivity index (χ4v) is 4.42. The first-order valence-electron chi connectivity index (χ1n) is 11.1. The van der Waals surface area contributed by atoms with Gasteiger partial charge in [0, 0.05) is 7.11 Å². The van der Waals surface area contributed by atoms with E-state index in [1.165, 1.54) is 32.8 Å². The lowest BCUT2D eigenvalue weighted by Crippen LogP contribution is -2.40. The first-order valence-corrected chi connectivity index (χ1v) is 11.1. The molecule has 0 spiro atoms. The van der Waals surface area contributed by atoms with Gasteiger partial charge in [0.1, 0.15) is 0 Å². The smallest absolute Gasteiger partial charge is 0.335 e. The minimum absolute atomic E-state index is 0.174. The average Bonchev–Trinajstić information content (AvgIpc) is 3.01. The van der Waals surface area contributed by atoms with Gasteiger partial charge in [0.15, 0.2) is 5.60 Å². The van der Waals surface area contributed by atoms with Crippen molar-refractivity contribution in [2.24, 2.45) is 11.8 Å². The van der Waals surface area contributed by atoms with Crippen molar-refractivity contribution in [3.8, 4) is 0 Å². The maximum absolute atomic E-state index is 11.5. The summed E-state index contributed by atoms with van der Waals surface area (Å²) in [5, 5.41) is 19.7. The van der Waals surface area contributed by atoms with Crippen molar-refractivity contribution in [3.05, 3.63) is 12.2 Å². The molecule has 27 heavy (non-hydrogen) atoms. The maximum atomic E-state index is 11.5. The Morgan fingerprint density at radius 1 is 1.11 bits per heavy atom. The van der Waals surface area contributed by atoms with Crippen molar-refractivity contribution < 1.29 is 19.7 Å². The molecule has 4 atom stereocenters. The summed E-state index contributed by atoms with van der Waals surface area (Å²) >= 11 is 0. The van der Waals surface area contributed by atoms with Gasteiger partial charge in [-0.3, -0.25) is 0 Å². The summed E-state index contributed by atoms with van der Waals surface area (Å²) in [6, 6.07) is 0. The van der Waals surface area contributed by atoms with Gasteiger partial charge in [0.2, 0.25) is 0 Å². The lowest BCUT2D eigenvalue weighted by Gasteiger charge is -2.26. The Balaban J connectivity index is 2.32. The third kappa shape index (κ3) is 7.95. The Bertz CT molecular complexity index is 428. The topological polar surface area (TPSA) is 66.8 Å². The Morgan fingerprint density at radius 2 is 1.85 bits per heavy atom. The van der Waals surface area contributed by atoms with E-state index in [9.17, 15) is 15.0 Å². The standard InChI is InChI=1S/C23H42O4/c1-4-6-7-8-9-11-14-19-16-17-21(24)20(19)15-12-10-13-18-23(5-2,27-3)22(25)26/h11,14,19-21,24H,4-10,12-13,15-18H2,1-3H3,(H,25,26)/t19-,20+,21-,23?/m0/s1. The van der Waals surface area contributed by atoms with Crippen LogP contribution < -0.4 is 0 Å². The van der Waals surface area contributed by atoms with Gasteiger partial charge in [-0.15, -0.1) is 0 Å². The number of aliphatic carboxylic acids is 1. The molecule has 1 fully saturated rings. The molecule has 0 radical (unpaired) electrons. The summed E-state index contributed by atoms with van der Waals surface area (Å²) in [5.74, 6) is 0.0245. The van der Waals surface area contributed by atoms with Crippen molar-refractivity contribution in [3.63, 3.8) is 0 Å². The van der Waals surface area contributed by atoms with Crippen LogP contribution in [-0.2, 0) is 9.53 Å². The lowest BCUT2D eigenvalue weighted by atomic mass is 9.87. The van der Waals surface area contributed by atoms with Crippen LogP contribution >= 0.6 is 0 Å². The van der Waals surface area contributed by atoms with E-state index in [0.717, 1.165) is 44.9 Å². The van der Waals surface area contributed by atoms with Gasteiger partial charge in [-0.05, 0) is 63.2 Å². The van der Waals surface area contributed by atoms with Crippen LogP contribution in [0.4, 0.5) is 0 Å². The van der Waals surface area contributed by atoms with Crippen molar-refractivity contribution in [2.75, 3.05) is 7.11 Å². The molecule has 1 aliphatic rings. The second-order valence-corrected chi connectivity index (χ2v) is 8.21. The number of allylic oxidation sites excluding steroid dienone is 2. The number of carboxylic acid groups (broad SMARTS) is 1. The molecule has 1 aliphatic carbocycles. The normalized spacial score (nSPS) is 25.1. The Morgan fingerprint density at radius 3 is 2.48 bits per heavy atom. The molecule has 4 nitrogen and oxygen atoms in total. The number of carbonyl (C=O) groups is 1. The molecule has 0 aliphatic heterocycles. The molecule has 158 valence electrons. The average molecular weight is 383 g/mol. The number of rotatable bonds is 15. The zero-order chi connectivity index (χ0) is 20.1. The molecule has 1 rings (SSSR count). The first kappa shape index (κ1) is 24.2.